The van der Waals surface area contributed by atoms with Gasteiger partial charge in [0.15, 0.2) is 5.60 Å². The Morgan fingerprint density at radius 1 is 1.17 bits per heavy atom. The topological polar surface area (TPSA) is 67.6 Å². The lowest BCUT2D eigenvalue weighted by molar-refractivity contribution is -0.234. The number of nitrogens with zero attached hydrogens (tertiary/aromatic N) is 3. The maximum Gasteiger partial charge on any atom is 0.422 e. The van der Waals surface area contributed by atoms with Crippen molar-refractivity contribution in [3.63, 3.8) is 0 Å². The van der Waals surface area contributed by atoms with Crippen LogP contribution in [0.4, 0.5) is 23.2 Å². The van der Waals surface area contributed by atoms with Gasteiger partial charge >= 0.3 is 6.18 Å². The summed E-state index contributed by atoms with van der Waals surface area (Å²) in [4.78, 5) is 12.0. The van der Waals surface area contributed by atoms with E-state index in [1.54, 1.807) is 32.9 Å². The summed E-state index contributed by atoms with van der Waals surface area (Å²) in [5, 5.41) is 11.2. The standard InChI is InChI=1S/C26H29F4N3O2/c1-15(2)18-8-7-9-20(23(18)35-6)24(4,5)13-25(34,26(28,29)30)14-32-21-10-17(27)11-22-19(21)12-31-16(3)33-22/h7-12,14-15,34H,13H2,1-6H3/b32-14+. The summed E-state index contributed by atoms with van der Waals surface area (Å²) in [6.45, 7) is 8.74. The lowest BCUT2D eigenvalue weighted by atomic mass is 9.74. The first-order chi connectivity index (χ1) is 16.2. The number of aliphatic imine (C=N–C) groups is 1. The number of halogens is 4. The first kappa shape index (κ1) is 26.5. The second kappa shape index (κ2) is 9.53. The molecule has 1 atom stereocenters. The molecular formula is C26H29F4N3O2. The number of aromatic nitrogens is 2. The van der Waals surface area contributed by atoms with Crippen LogP contribution in [0.1, 0.15) is 57.0 Å². The van der Waals surface area contributed by atoms with Crippen molar-refractivity contribution < 1.29 is 27.4 Å². The van der Waals surface area contributed by atoms with Gasteiger partial charge in [0.2, 0.25) is 0 Å². The van der Waals surface area contributed by atoms with Gasteiger partial charge in [-0.1, -0.05) is 45.9 Å². The molecule has 3 rings (SSSR count). The molecule has 0 fully saturated rings. The summed E-state index contributed by atoms with van der Waals surface area (Å²) >= 11 is 0. The number of methoxy groups -OCH3 is 1. The summed E-state index contributed by atoms with van der Waals surface area (Å²) < 4.78 is 62.4. The van der Waals surface area contributed by atoms with Crippen LogP contribution in [0, 0.1) is 12.7 Å². The molecule has 1 aromatic heterocycles. The molecule has 188 valence electrons. The summed E-state index contributed by atoms with van der Waals surface area (Å²) in [5.74, 6) is 0.228. The lowest BCUT2D eigenvalue weighted by Crippen LogP contribution is -2.50. The predicted molar refractivity (Wildman–Crippen MR) is 128 cm³/mol. The largest absolute Gasteiger partial charge is 0.496 e. The second-order valence-electron chi connectivity index (χ2n) is 9.60. The van der Waals surface area contributed by atoms with Gasteiger partial charge < -0.3 is 9.84 Å². The van der Waals surface area contributed by atoms with Crippen molar-refractivity contribution in [2.45, 2.75) is 64.1 Å². The molecule has 1 N–H and O–H groups in total. The van der Waals surface area contributed by atoms with Gasteiger partial charge in [0.25, 0.3) is 0 Å². The summed E-state index contributed by atoms with van der Waals surface area (Å²) in [7, 11) is 1.47. The van der Waals surface area contributed by atoms with Gasteiger partial charge in [-0.15, -0.1) is 0 Å². The molecule has 0 saturated heterocycles. The van der Waals surface area contributed by atoms with Crippen molar-refractivity contribution in [3.05, 3.63) is 59.3 Å². The molecule has 35 heavy (non-hydrogen) atoms. The number of ether oxygens (including phenoxy) is 1. The van der Waals surface area contributed by atoms with Gasteiger partial charge in [0.1, 0.15) is 17.4 Å². The first-order valence-electron chi connectivity index (χ1n) is 11.1. The van der Waals surface area contributed by atoms with Crippen LogP contribution in [0.5, 0.6) is 5.75 Å². The zero-order chi connectivity index (χ0) is 26.2. The van der Waals surface area contributed by atoms with Crippen LogP contribution < -0.4 is 4.74 Å². The van der Waals surface area contributed by atoms with E-state index in [1.807, 2.05) is 19.9 Å². The van der Waals surface area contributed by atoms with Crippen LogP contribution in [-0.4, -0.2) is 40.2 Å². The van der Waals surface area contributed by atoms with Crippen molar-refractivity contribution in [2.24, 2.45) is 4.99 Å². The average Bonchev–Trinajstić information content (AvgIpc) is 2.75. The minimum absolute atomic E-state index is 0.0795. The Morgan fingerprint density at radius 3 is 2.46 bits per heavy atom. The van der Waals surface area contributed by atoms with Crippen LogP contribution >= 0.6 is 0 Å². The molecule has 0 amide bonds. The molecule has 0 aliphatic rings. The molecule has 3 aromatic rings. The molecule has 5 nitrogen and oxygen atoms in total. The van der Waals surface area contributed by atoms with Crippen molar-refractivity contribution in [3.8, 4) is 5.75 Å². The van der Waals surface area contributed by atoms with E-state index in [-0.39, 0.29) is 22.5 Å². The van der Waals surface area contributed by atoms with E-state index >= 15 is 0 Å². The SMILES string of the molecule is COc1c(C(C)C)cccc1C(C)(C)CC(O)(/C=N/c1cc(F)cc2nc(C)ncc12)C(F)(F)F. The van der Waals surface area contributed by atoms with Crippen molar-refractivity contribution in [1.29, 1.82) is 0 Å². The third-order valence-electron chi connectivity index (χ3n) is 5.98. The van der Waals surface area contributed by atoms with Crippen molar-refractivity contribution >= 4 is 22.8 Å². The fourth-order valence-electron chi connectivity index (χ4n) is 4.22. The van der Waals surface area contributed by atoms with Crippen LogP contribution in [-0.2, 0) is 5.41 Å². The molecule has 0 bridgehead atoms. The molecule has 0 radical (unpaired) electrons. The average molecular weight is 492 g/mol. The summed E-state index contributed by atoms with van der Waals surface area (Å²) in [6.07, 6.45) is -4.00. The van der Waals surface area contributed by atoms with E-state index in [2.05, 4.69) is 15.0 Å². The number of aryl methyl sites for hydroxylation is 1. The monoisotopic (exact) mass is 491 g/mol. The van der Waals surface area contributed by atoms with Gasteiger partial charge in [0, 0.05) is 35.5 Å². The maximum atomic E-state index is 14.2. The molecule has 0 saturated carbocycles. The van der Waals surface area contributed by atoms with Crippen LogP contribution in [0.15, 0.2) is 41.5 Å². The van der Waals surface area contributed by atoms with Gasteiger partial charge in [-0.05, 0) is 30.2 Å². The third-order valence-corrected chi connectivity index (χ3v) is 5.98. The number of alkyl halides is 3. The lowest BCUT2D eigenvalue weighted by Gasteiger charge is -2.36. The van der Waals surface area contributed by atoms with Crippen LogP contribution in [0.2, 0.25) is 0 Å². The molecule has 0 aliphatic carbocycles. The minimum Gasteiger partial charge on any atom is -0.496 e. The zero-order valence-corrected chi connectivity index (χ0v) is 20.5. The van der Waals surface area contributed by atoms with Crippen LogP contribution in [0.25, 0.3) is 10.9 Å². The van der Waals surface area contributed by atoms with Crippen molar-refractivity contribution in [1.82, 2.24) is 9.97 Å². The van der Waals surface area contributed by atoms with E-state index < -0.39 is 29.4 Å². The van der Waals surface area contributed by atoms with E-state index in [4.69, 9.17) is 4.74 Å². The number of hydrogen-bond acceptors (Lipinski definition) is 5. The highest BCUT2D eigenvalue weighted by molar-refractivity contribution is 5.91. The maximum absolute atomic E-state index is 14.2. The number of hydrogen-bond donors (Lipinski definition) is 1. The van der Waals surface area contributed by atoms with E-state index in [0.29, 0.717) is 23.4 Å². The van der Waals surface area contributed by atoms with E-state index in [9.17, 15) is 22.7 Å². The molecule has 1 unspecified atom stereocenters. The number of benzene rings is 2. The molecule has 9 heteroatoms. The smallest absolute Gasteiger partial charge is 0.422 e. The Hall–Kier alpha value is -3.07. The Bertz CT molecular complexity index is 1250. The van der Waals surface area contributed by atoms with E-state index in [1.165, 1.54) is 13.3 Å². The van der Waals surface area contributed by atoms with Gasteiger partial charge in [-0.25, -0.2) is 14.4 Å². The van der Waals surface area contributed by atoms with E-state index in [0.717, 1.165) is 17.7 Å². The normalized spacial score (nSPS) is 14.6. The zero-order valence-electron chi connectivity index (χ0n) is 20.5. The highest BCUT2D eigenvalue weighted by atomic mass is 19.4. The summed E-state index contributed by atoms with van der Waals surface area (Å²) in [6, 6.07) is 7.44. The molecule has 1 heterocycles. The highest BCUT2D eigenvalue weighted by Gasteiger charge is 2.55. The number of aliphatic hydroxyl groups is 1. The Balaban J connectivity index is 2.09. The fraction of sp³-hybridized carbons (Fsp3) is 0.423. The van der Waals surface area contributed by atoms with Crippen LogP contribution in [0.3, 0.4) is 0 Å². The molecule has 0 spiro atoms. The molecular weight excluding hydrogens is 462 g/mol. The van der Waals surface area contributed by atoms with Gasteiger partial charge in [-0.3, -0.25) is 4.99 Å². The summed E-state index contributed by atoms with van der Waals surface area (Å²) in [5.41, 5.74) is -3.00. The van der Waals surface area contributed by atoms with Gasteiger partial charge in [-0.2, -0.15) is 13.2 Å². The third kappa shape index (κ3) is 5.45. The first-order valence-corrected chi connectivity index (χ1v) is 11.1. The predicted octanol–water partition coefficient (Wildman–Crippen LogP) is 6.57. The number of fused-ring (bicyclic) bond motifs is 1. The molecule has 2 aromatic carbocycles. The molecule has 0 aliphatic heterocycles. The second-order valence-corrected chi connectivity index (χ2v) is 9.60. The minimum atomic E-state index is -5.05. The number of para-hydroxylation sites is 1. The van der Waals surface area contributed by atoms with Crippen molar-refractivity contribution in [2.75, 3.05) is 7.11 Å². The Kier molecular flexibility index (Phi) is 7.22. The fourth-order valence-corrected chi connectivity index (χ4v) is 4.22. The Morgan fingerprint density at radius 2 is 1.86 bits per heavy atom. The quantitative estimate of drug-likeness (QED) is 0.300. The van der Waals surface area contributed by atoms with Gasteiger partial charge in [0.05, 0.1) is 18.3 Å². The Labute approximate surface area is 201 Å². The highest BCUT2D eigenvalue weighted by Crippen LogP contribution is 2.45. The number of rotatable bonds is 7.